The average molecular weight is 375 g/mol. The topological polar surface area (TPSA) is 76.9 Å². The number of nitrogens with zero attached hydrogens (tertiary/aromatic N) is 3. The molecule has 0 fully saturated rings. The smallest absolute Gasteiger partial charge is 0.266 e. The van der Waals surface area contributed by atoms with E-state index in [0.717, 1.165) is 25.1 Å². The van der Waals surface area contributed by atoms with E-state index in [1.807, 2.05) is 0 Å². The lowest BCUT2D eigenvalue weighted by Gasteiger charge is -2.16. The second kappa shape index (κ2) is 6.24. The highest BCUT2D eigenvalue weighted by molar-refractivity contribution is 7.20. The molecule has 0 saturated heterocycles. The van der Waals surface area contributed by atoms with Crippen molar-refractivity contribution in [2.75, 3.05) is 5.32 Å². The summed E-state index contributed by atoms with van der Waals surface area (Å²) in [6.45, 7) is 2.48. The van der Waals surface area contributed by atoms with Gasteiger partial charge in [-0.15, -0.1) is 11.3 Å². The quantitative estimate of drug-likeness (QED) is 0.697. The van der Waals surface area contributed by atoms with Crippen molar-refractivity contribution in [2.24, 2.45) is 0 Å². The van der Waals surface area contributed by atoms with Crippen LogP contribution in [-0.2, 0) is 13.0 Å². The molecular weight excluding hydrogens is 360 g/mol. The third kappa shape index (κ3) is 2.73. The maximum absolute atomic E-state index is 12.8. The molecule has 1 aliphatic heterocycles. The molecule has 3 aromatic heterocycles. The predicted octanol–water partition coefficient (Wildman–Crippen LogP) is 3.40. The van der Waals surface area contributed by atoms with Crippen LogP contribution >= 0.6 is 22.9 Å². The molecule has 3 aromatic rings. The van der Waals surface area contributed by atoms with Gasteiger partial charge in [-0.3, -0.25) is 14.2 Å². The Morgan fingerprint density at radius 3 is 3.04 bits per heavy atom. The number of rotatable bonds is 2. The Kier molecular flexibility index (Phi) is 4.05. The summed E-state index contributed by atoms with van der Waals surface area (Å²) in [5, 5.41) is 3.52. The molecule has 4 heterocycles. The Morgan fingerprint density at radius 1 is 1.40 bits per heavy atom. The van der Waals surface area contributed by atoms with Gasteiger partial charge in [0.05, 0.1) is 16.0 Å². The van der Waals surface area contributed by atoms with E-state index in [4.69, 9.17) is 11.6 Å². The van der Waals surface area contributed by atoms with Gasteiger partial charge in [0.1, 0.15) is 10.7 Å². The molecule has 0 aromatic carbocycles. The molecule has 0 spiro atoms. The minimum Gasteiger partial charge on any atom is -0.319 e. The number of aromatic nitrogens is 3. The van der Waals surface area contributed by atoms with Gasteiger partial charge in [0.25, 0.3) is 11.5 Å². The van der Waals surface area contributed by atoms with E-state index in [1.54, 1.807) is 29.8 Å². The van der Waals surface area contributed by atoms with Gasteiger partial charge in [-0.1, -0.05) is 11.6 Å². The van der Waals surface area contributed by atoms with Crippen molar-refractivity contribution in [2.45, 2.75) is 32.7 Å². The molecule has 1 N–H and O–H groups in total. The summed E-state index contributed by atoms with van der Waals surface area (Å²) < 4.78 is 1.74. The molecule has 8 heteroatoms. The summed E-state index contributed by atoms with van der Waals surface area (Å²) in [4.78, 5) is 35.1. The third-order valence-electron chi connectivity index (χ3n) is 4.38. The first-order chi connectivity index (χ1) is 12.1. The van der Waals surface area contributed by atoms with Crippen LogP contribution in [0.15, 0.2) is 23.1 Å². The van der Waals surface area contributed by atoms with Crippen molar-refractivity contribution in [1.82, 2.24) is 14.5 Å². The number of pyridine rings is 1. The minimum absolute atomic E-state index is 0.0492. The molecule has 0 unspecified atom stereocenters. The number of hydrogen-bond donors (Lipinski definition) is 1. The maximum atomic E-state index is 12.8. The van der Waals surface area contributed by atoms with Crippen LogP contribution in [0.25, 0.3) is 10.2 Å². The lowest BCUT2D eigenvalue weighted by molar-refractivity contribution is 0.103. The lowest BCUT2D eigenvalue weighted by atomic mass is 10.1. The molecule has 1 amide bonds. The number of thiophene rings is 1. The zero-order chi connectivity index (χ0) is 17.6. The van der Waals surface area contributed by atoms with E-state index in [9.17, 15) is 9.59 Å². The van der Waals surface area contributed by atoms with E-state index in [1.165, 1.54) is 11.3 Å². The van der Waals surface area contributed by atoms with Gasteiger partial charge in [0, 0.05) is 19.2 Å². The lowest BCUT2D eigenvalue weighted by Crippen LogP contribution is -2.28. The van der Waals surface area contributed by atoms with E-state index < -0.39 is 0 Å². The van der Waals surface area contributed by atoms with Crippen LogP contribution in [0.5, 0.6) is 0 Å². The van der Waals surface area contributed by atoms with Gasteiger partial charge in [-0.25, -0.2) is 9.97 Å². The first-order valence-corrected chi connectivity index (χ1v) is 9.20. The van der Waals surface area contributed by atoms with E-state index >= 15 is 0 Å². The van der Waals surface area contributed by atoms with Crippen molar-refractivity contribution in [1.29, 1.82) is 0 Å². The molecule has 25 heavy (non-hydrogen) atoms. The normalized spacial score (nSPS) is 13.7. The Bertz CT molecular complexity index is 1060. The molecule has 128 valence electrons. The fourth-order valence-electron chi connectivity index (χ4n) is 3.11. The summed E-state index contributed by atoms with van der Waals surface area (Å²) in [5.74, 6) is 0.505. The summed E-state index contributed by atoms with van der Waals surface area (Å²) in [6.07, 6.45) is 4.37. The molecule has 0 saturated carbocycles. The van der Waals surface area contributed by atoms with Gasteiger partial charge in [0.2, 0.25) is 0 Å². The molecule has 1 aliphatic rings. The van der Waals surface area contributed by atoms with Crippen LogP contribution in [0.3, 0.4) is 0 Å². The van der Waals surface area contributed by atoms with Crippen LogP contribution in [-0.4, -0.2) is 20.4 Å². The van der Waals surface area contributed by atoms with E-state index in [0.29, 0.717) is 32.9 Å². The van der Waals surface area contributed by atoms with Gasteiger partial charge in [0.15, 0.2) is 5.15 Å². The number of carbonyl (C=O) groups excluding carboxylic acids is 1. The van der Waals surface area contributed by atoms with Crippen LogP contribution < -0.4 is 10.9 Å². The first kappa shape index (κ1) is 16.2. The van der Waals surface area contributed by atoms with E-state index in [-0.39, 0.29) is 16.6 Å². The molecule has 0 aliphatic carbocycles. The van der Waals surface area contributed by atoms with Gasteiger partial charge in [-0.05, 0) is 37.5 Å². The fraction of sp³-hybridized carbons (Fsp3) is 0.294. The number of hydrogen-bond acceptors (Lipinski definition) is 5. The second-order valence-corrected chi connectivity index (χ2v) is 7.33. The predicted molar refractivity (Wildman–Crippen MR) is 98.8 cm³/mol. The summed E-state index contributed by atoms with van der Waals surface area (Å²) >= 11 is 7.24. The average Bonchev–Trinajstić information content (AvgIpc) is 2.94. The number of aryl methyl sites for hydroxylation is 2. The third-order valence-corrected chi connectivity index (χ3v) is 5.86. The standard InChI is InChI=1S/C17H15ClN4O2S/c1-9-12-16(21-11-6-2-3-8-22(11)17(12)24)25-13(9)15(23)20-10-5-4-7-19-14(10)18/h4-5,7H,2-3,6,8H2,1H3,(H,20,23). The molecule has 0 radical (unpaired) electrons. The molecule has 6 nitrogen and oxygen atoms in total. The zero-order valence-corrected chi connectivity index (χ0v) is 15.1. The van der Waals surface area contributed by atoms with Crippen molar-refractivity contribution in [3.63, 3.8) is 0 Å². The Morgan fingerprint density at radius 2 is 2.24 bits per heavy atom. The van der Waals surface area contributed by atoms with Gasteiger partial charge >= 0.3 is 0 Å². The number of amides is 1. The minimum atomic E-state index is -0.308. The Hall–Kier alpha value is -2.25. The van der Waals surface area contributed by atoms with Crippen molar-refractivity contribution in [3.05, 3.63) is 50.1 Å². The summed E-state index contributed by atoms with van der Waals surface area (Å²) in [6, 6.07) is 3.38. The Balaban J connectivity index is 1.79. The number of nitrogens with one attached hydrogen (secondary N) is 1. The van der Waals surface area contributed by atoms with Crippen LogP contribution in [0.4, 0.5) is 5.69 Å². The highest BCUT2D eigenvalue weighted by Crippen LogP contribution is 2.29. The first-order valence-electron chi connectivity index (χ1n) is 8.01. The van der Waals surface area contributed by atoms with Crippen molar-refractivity contribution >= 4 is 44.7 Å². The number of carbonyl (C=O) groups is 1. The van der Waals surface area contributed by atoms with Gasteiger partial charge in [-0.2, -0.15) is 0 Å². The number of halogens is 1. The van der Waals surface area contributed by atoms with Gasteiger partial charge < -0.3 is 5.32 Å². The second-order valence-electron chi connectivity index (χ2n) is 5.97. The Labute approximate surface area is 152 Å². The van der Waals surface area contributed by atoms with Crippen LogP contribution in [0, 0.1) is 6.92 Å². The zero-order valence-electron chi connectivity index (χ0n) is 13.5. The number of anilines is 1. The SMILES string of the molecule is Cc1c(C(=O)Nc2cccnc2Cl)sc2nc3n(c(=O)c12)CCCC3. The van der Waals surface area contributed by atoms with Crippen LogP contribution in [0.2, 0.25) is 5.15 Å². The molecule has 0 bridgehead atoms. The molecule has 0 atom stereocenters. The molecular formula is C17H15ClN4O2S. The highest BCUT2D eigenvalue weighted by Gasteiger charge is 2.23. The molecule has 4 rings (SSSR count). The fourth-order valence-corrected chi connectivity index (χ4v) is 4.36. The van der Waals surface area contributed by atoms with E-state index in [2.05, 4.69) is 15.3 Å². The summed E-state index contributed by atoms with van der Waals surface area (Å²) in [5.41, 5.74) is 1.05. The maximum Gasteiger partial charge on any atom is 0.266 e. The monoisotopic (exact) mass is 374 g/mol. The summed E-state index contributed by atoms with van der Waals surface area (Å²) in [7, 11) is 0. The highest BCUT2D eigenvalue weighted by atomic mass is 35.5. The van der Waals surface area contributed by atoms with Crippen LogP contribution in [0.1, 0.15) is 33.9 Å². The largest absolute Gasteiger partial charge is 0.319 e. The number of fused-ring (bicyclic) bond motifs is 2. The van der Waals surface area contributed by atoms with Crippen molar-refractivity contribution in [3.8, 4) is 0 Å². The van der Waals surface area contributed by atoms with Crippen molar-refractivity contribution < 1.29 is 4.79 Å².